The molecular weight excluding hydrogens is 594 g/mol. The second-order valence-corrected chi connectivity index (χ2v) is 13.2. The number of fused-ring (bicyclic) bond motifs is 1. The normalized spacial score (nSPS) is 16.6. The molecule has 1 aromatic carbocycles. The van der Waals surface area contributed by atoms with E-state index in [-0.39, 0.29) is 17.3 Å². The van der Waals surface area contributed by atoms with Crippen LogP contribution in [0.2, 0.25) is 0 Å². The SMILES string of the molecule is CCCCCCCCCCCCN1C(=O)/C(=C\c2c(N3CCN(c4ccccc4F)CC3)nc3ccccn3c2=O)SC1=S. The Balaban J connectivity index is 1.26. The zero-order valence-corrected chi connectivity index (χ0v) is 27.2. The number of hydrogen-bond donors (Lipinski definition) is 0. The molecule has 0 aliphatic carbocycles. The number of hydrogen-bond acceptors (Lipinski definition) is 7. The summed E-state index contributed by atoms with van der Waals surface area (Å²) in [6.07, 6.45) is 15.6. The van der Waals surface area contributed by atoms with Crippen molar-refractivity contribution in [3.05, 3.63) is 75.3 Å². The van der Waals surface area contributed by atoms with Gasteiger partial charge in [-0.3, -0.25) is 18.9 Å². The van der Waals surface area contributed by atoms with Crippen LogP contribution in [0, 0.1) is 5.82 Å². The molecule has 0 atom stereocenters. The molecule has 0 spiro atoms. The molecule has 0 bridgehead atoms. The van der Waals surface area contributed by atoms with Gasteiger partial charge in [0.2, 0.25) is 0 Å². The Morgan fingerprint density at radius 2 is 1.50 bits per heavy atom. The summed E-state index contributed by atoms with van der Waals surface area (Å²) in [6.45, 7) is 5.12. The number of thioether (sulfide) groups is 1. The fourth-order valence-corrected chi connectivity index (χ4v) is 7.20. The van der Waals surface area contributed by atoms with Crippen LogP contribution in [0.3, 0.4) is 0 Å². The van der Waals surface area contributed by atoms with Crippen molar-refractivity contribution in [2.75, 3.05) is 42.5 Å². The summed E-state index contributed by atoms with van der Waals surface area (Å²) in [5.41, 5.74) is 1.24. The maximum absolute atomic E-state index is 14.4. The number of carbonyl (C=O) groups excluding carboxylic acids is 1. The molecule has 5 rings (SSSR count). The Bertz CT molecular complexity index is 1550. The van der Waals surface area contributed by atoms with E-state index in [1.807, 2.05) is 17.0 Å². The van der Waals surface area contributed by atoms with Crippen LogP contribution in [0.5, 0.6) is 0 Å². The maximum atomic E-state index is 14.4. The molecule has 0 saturated carbocycles. The number of carbonyl (C=O) groups is 1. The summed E-state index contributed by atoms with van der Waals surface area (Å²) in [5.74, 6) is 0.140. The standard InChI is InChI=1S/C34H42FN5O2S2/c1-2-3-4-5-6-7-8-9-10-14-20-40-33(42)29(44-34(40)43)25-26-31(36-30-18-13-15-19-39(30)32(26)41)38-23-21-37(22-24-38)28-17-12-11-16-27(28)35/h11-13,15-19,25H,2-10,14,20-24H2,1H3/b29-25+. The molecule has 10 heteroatoms. The molecule has 2 aliphatic heterocycles. The number of halogens is 1. The summed E-state index contributed by atoms with van der Waals surface area (Å²) in [5, 5.41) is 0. The Morgan fingerprint density at radius 3 is 2.20 bits per heavy atom. The van der Waals surface area contributed by atoms with Crippen molar-refractivity contribution < 1.29 is 9.18 Å². The summed E-state index contributed by atoms with van der Waals surface area (Å²) in [6, 6.07) is 12.2. The number of anilines is 2. The van der Waals surface area contributed by atoms with Gasteiger partial charge in [0.05, 0.1) is 16.2 Å². The summed E-state index contributed by atoms with van der Waals surface area (Å²) < 4.78 is 16.5. The lowest BCUT2D eigenvalue weighted by atomic mass is 10.1. The maximum Gasteiger partial charge on any atom is 0.267 e. The van der Waals surface area contributed by atoms with Crippen molar-refractivity contribution in [2.24, 2.45) is 0 Å². The van der Waals surface area contributed by atoms with Crippen LogP contribution in [0.25, 0.3) is 11.7 Å². The topological polar surface area (TPSA) is 61.2 Å². The number of rotatable bonds is 14. The van der Waals surface area contributed by atoms with Crippen molar-refractivity contribution in [1.29, 1.82) is 0 Å². The number of pyridine rings is 1. The lowest BCUT2D eigenvalue weighted by molar-refractivity contribution is -0.122. The number of aromatic nitrogens is 2. The quantitative estimate of drug-likeness (QED) is 0.105. The van der Waals surface area contributed by atoms with Crippen LogP contribution in [-0.4, -0.2) is 57.2 Å². The van der Waals surface area contributed by atoms with Gasteiger partial charge in [0, 0.05) is 38.9 Å². The molecule has 2 saturated heterocycles. The second-order valence-electron chi connectivity index (χ2n) is 11.5. The van der Waals surface area contributed by atoms with Crippen LogP contribution < -0.4 is 15.4 Å². The highest BCUT2D eigenvalue weighted by Crippen LogP contribution is 2.34. The van der Waals surface area contributed by atoms with Crippen LogP contribution in [0.15, 0.2) is 58.4 Å². The predicted octanol–water partition coefficient (Wildman–Crippen LogP) is 7.28. The molecule has 2 aromatic heterocycles. The van der Waals surface area contributed by atoms with E-state index in [1.54, 1.807) is 41.4 Å². The van der Waals surface area contributed by atoms with E-state index in [4.69, 9.17) is 17.2 Å². The van der Waals surface area contributed by atoms with Crippen LogP contribution in [0.4, 0.5) is 15.9 Å². The van der Waals surface area contributed by atoms with E-state index in [0.29, 0.717) is 64.7 Å². The van der Waals surface area contributed by atoms with Crippen molar-refractivity contribution in [3.63, 3.8) is 0 Å². The third kappa shape index (κ3) is 7.69. The minimum Gasteiger partial charge on any atom is -0.366 e. The highest BCUT2D eigenvalue weighted by atomic mass is 32.2. The third-order valence-corrected chi connectivity index (χ3v) is 9.78. The summed E-state index contributed by atoms with van der Waals surface area (Å²) >= 11 is 6.85. The van der Waals surface area contributed by atoms with Crippen molar-refractivity contribution >= 4 is 57.4 Å². The third-order valence-electron chi connectivity index (χ3n) is 8.41. The smallest absolute Gasteiger partial charge is 0.267 e. The molecular formula is C34H42FN5O2S2. The second kappa shape index (κ2) is 15.7. The zero-order chi connectivity index (χ0) is 30.9. The molecule has 234 valence electrons. The average molecular weight is 636 g/mol. The molecule has 2 fully saturated rings. The summed E-state index contributed by atoms with van der Waals surface area (Å²) in [4.78, 5) is 38.3. The van der Waals surface area contributed by atoms with Crippen molar-refractivity contribution in [2.45, 2.75) is 71.1 Å². The van der Waals surface area contributed by atoms with E-state index in [0.717, 1.165) is 12.8 Å². The lowest BCUT2D eigenvalue weighted by Gasteiger charge is -2.37. The van der Waals surface area contributed by atoms with Gasteiger partial charge in [-0.1, -0.05) is 107 Å². The minimum absolute atomic E-state index is 0.149. The fourth-order valence-electron chi connectivity index (χ4n) is 5.91. The largest absolute Gasteiger partial charge is 0.366 e. The average Bonchev–Trinajstić information content (AvgIpc) is 3.31. The number of amides is 1. The minimum atomic E-state index is -0.247. The first-order chi connectivity index (χ1) is 21.5. The molecule has 0 N–H and O–H groups in total. The van der Waals surface area contributed by atoms with E-state index < -0.39 is 0 Å². The number of para-hydroxylation sites is 1. The van der Waals surface area contributed by atoms with Gasteiger partial charge in [-0.05, 0) is 36.8 Å². The van der Waals surface area contributed by atoms with Crippen LogP contribution in [0.1, 0.15) is 76.7 Å². The van der Waals surface area contributed by atoms with E-state index in [1.165, 1.54) is 73.6 Å². The van der Waals surface area contributed by atoms with E-state index >= 15 is 0 Å². The van der Waals surface area contributed by atoms with Crippen LogP contribution >= 0.6 is 24.0 Å². The first kappa shape index (κ1) is 32.2. The van der Waals surface area contributed by atoms with Crippen molar-refractivity contribution in [1.82, 2.24) is 14.3 Å². The Hall–Kier alpha value is -3.24. The Kier molecular flexibility index (Phi) is 11.4. The van der Waals surface area contributed by atoms with Gasteiger partial charge in [0.15, 0.2) is 0 Å². The van der Waals surface area contributed by atoms with Gasteiger partial charge in [0.1, 0.15) is 21.6 Å². The van der Waals surface area contributed by atoms with E-state index in [9.17, 15) is 14.0 Å². The highest BCUT2D eigenvalue weighted by Gasteiger charge is 2.33. The number of nitrogens with zero attached hydrogens (tertiary/aromatic N) is 5. The van der Waals surface area contributed by atoms with E-state index in [2.05, 4.69) is 11.8 Å². The zero-order valence-electron chi connectivity index (χ0n) is 25.5. The Morgan fingerprint density at radius 1 is 0.864 bits per heavy atom. The molecule has 1 amide bonds. The first-order valence-corrected chi connectivity index (χ1v) is 17.2. The molecule has 7 nitrogen and oxygen atoms in total. The van der Waals surface area contributed by atoms with Gasteiger partial charge in [-0.15, -0.1) is 0 Å². The predicted molar refractivity (Wildman–Crippen MR) is 184 cm³/mol. The number of thiocarbonyl (C=S) groups is 1. The van der Waals surface area contributed by atoms with Gasteiger partial charge in [-0.25, -0.2) is 9.37 Å². The Labute approximate surface area is 269 Å². The first-order valence-electron chi connectivity index (χ1n) is 16.0. The van der Waals surface area contributed by atoms with Gasteiger partial charge in [-0.2, -0.15) is 0 Å². The number of unbranched alkanes of at least 4 members (excludes halogenated alkanes) is 9. The lowest BCUT2D eigenvalue weighted by Crippen LogP contribution is -2.47. The summed E-state index contributed by atoms with van der Waals surface area (Å²) in [7, 11) is 0. The molecule has 44 heavy (non-hydrogen) atoms. The number of piperazine rings is 1. The van der Waals surface area contributed by atoms with Gasteiger partial charge >= 0.3 is 0 Å². The fraction of sp³-hybridized carbons (Fsp3) is 0.471. The van der Waals surface area contributed by atoms with Crippen LogP contribution in [-0.2, 0) is 4.79 Å². The number of benzene rings is 1. The van der Waals surface area contributed by atoms with Gasteiger partial charge in [0.25, 0.3) is 11.5 Å². The van der Waals surface area contributed by atoms with Crippen molar-refractivity contribution in [3.8, 4) is 0 Å². The molecule has 0 radical (unpaired) electrons. The molecule has 2 aliphatic rings. The molecule has 3 aromatic rings. The van der Waals surface area contributed by atoms with Gasteiger partial charge < -0.3 is 9.80 Å². The highest BCUT2D eigenvalue weighted by molar-refractivity contribution is 8.26. The molecule has 0 unspecified atom stereocenters. The molecule has 4 heterocycles. The monoisotopic (exact) mass is 635 g/mol.